The summed E-state index contributed by atoms with van der Waals surface area (Å²) in [6.07, 6.45) is 0. The molecule has 1 N–H and O–H groups in total. The fourth-order valence-corrected chi connectivity index (χ4v) is 0.440. The van der Waals surface area contributed by atoms with Gasteiger partial charge in [-0.15, -0.1) is 0 Å². The summed E-state index contributed by atoms with van der Waals surface area (Å²) in [5.41, 5.74) is 0. The standard InChI is InChI=1S/C4H8O2.CHNS/c1-2-6-4-3-5-1;2-1-3/h1-4H2;2H. The Balaban J connectivity index is 0.000000187. The molecule has 0 spiro atoms. The Morgan fingerprint density at radius 1 is 1.11 bits per heavy atom. The van der Waals surface area contributed by atoms with Crippen molar-refractivity contribution < 1.29 is 9.47 Å². The van der Waals surface area contributed by atoms with Gasteiger partial charge >= 0.3 is 0 Å². The van der Waals surface area contributed by atoms with E-state index < -0.39 is 0 Å². The molecule has 1 aliphatic heterocycles. The van der Waals surface area contributed by atoms with Gasteiger partial charge in [0.05, 0.1) is 31.6 Å². The lowest BCUT2D eigenvalue weighted by Gasteiger charge is -2.09. The highest BCUT2D eigenvalue weighted by Gasteiger charge is 1.94. The van der Waals surface area contributed by atoms with Crippen molar-refractivity contribution in [2.45, 2.75) is 0 Å². The molecule has 0 aliphatic carbocycles. The van der Waals surface area contributed by atoms with Gasteiger partial charge in [0.15, 0.2) is 0 Å². The summed E-state index contributed by atoms with van der Waals surface area (Å²) in [5.74, 6) is 0. The molecule has 0 atom stereocenters. The van der Waals surface area contributed by atoms with Gasteiger partial charge in [-0.25, -0.2) is 5.41 Å². The van der Waals surface area contributed by atoms with Gasteiger partial charge in [-0.1, -0.05) is 0 Å². The summed E-state index contributed by atoms with van der Waals surface area (Å²) >= 11 is 3.81. The van der Waals surface area contributed by atoms with Crippen LogP contribution in [0.3, 0.4) is 0 Å². The van der Waals surface area contributed by atoms with Crippen molar-refractivity contribution in [1.82, 2.24) is 0 Å². The molecular formula is C5H9NO2S. The lowest BCUT2D eigenvalue weighted by molar-refractivity contribution is -0.0334. The van der Waals surface area contributed by atoms with E-state index in [9.17, 15) is 0 Å². The van der Waals surface area contributed by atoms with Crippen LogP contribution in [0.15, 0.2) is 0 Å². The second kappa shape index (κ2) is 7.72. The highest BCUT2D eigenvalue weighted by atomic mass is 32.1. The number of nitrogens with one attached hydrogen (secondary N) is 1. The summed E-state index contributed by atoms with van der Waals surface area (Å²) < 4.78 is 9.89. The second-order valence-electron chi connectivity index (χ2n) is 1.33. The molecule has 0 unspecified atom stereocenters. The average molecular weight is 147 g/mol. The van der Waals surface area contributed by atoms with Crippen LogP contribution in [-0.2, 0) is 9.47 Å². The SMILES string of the molecule is C1COCCO1.N=C=S. The van der Waals surface area contributed by atoms with Crippen LogP contribution in [-0.4, -0.2) is 31.6 Å². The van der Waals surface area contributed by atoms with E-state index in [1.54, 1.807) is 5.16 Å². The fourth-order valence-electron chi connectivity index (χ4n) is 0.440. The fraction of sp³-hybridized carbons (Fsp3) is 0.800. The number of ether oxygens (including phenoxy) is 2. The van der Waals surface area contributed by atoms with E-state index in [-0.39, 0.29) is 0 Å². The summed E-state index contributed by atoms with van der Waals surface area (Å²) in [5, 5.41) is 7.36. The predicted molar refractivity (Wildman–Crippen MR) is 37.0 cm³/mol. The van der Waals surface area contributed by atoms with Gasteiger partial charge in [0.2, 0.25) is 0 Å². The Hall–Kier alpha value is -0.280. The van der Waals surface area contributed by atoms with Crippen LogP contribution in [0.1, 0.15) is 0 Å². The van der Waals surface area contributed by atoms with Crippen LogP contribution in [0.4, 0.5) is 0 Å². The van der Waals surface area contributed by atoms with Gasteiger partial charge in [0.25, 0.3) is 0 Å². The molecule has 0 aromatic heterocycles. The molecule has 4 heteroatoms. The maximum atomic E-state index is 5.77. The summed E-state index contributed by atoms with van der Waals surface area (Å²) in [6.45, 7) is 3.11. The second-order valence-corrected chi connectivity index (χ2v) is 1.53. The van der Waals surface area contributed by atoms with Crippen LogP contribution in [0.5, 0.6) is 0 Å². The molecule has 0 saturated carbocycles. The predicted octanol–water partition coefficient (Wildman–Crippen LogP) is 0.701. The molecule has 3 nitrogen and oxygen atoms in total. The molecule has 0 aromatic rings. The quantitative estimate of drug-likeness (QED) is 0.405. The number of hydrogen-bond donors (Lipinski definition) is 1. The summed E-state index contributed by atoms with van der Waals surface area (Å²) in [4.78, 5) is 0. The minimum Gasteiger partial charge on any atom is -0.377 e. The molecule has 0 bridgehead atoms. The highest BCUT2D eigenvalue weighted by molar-refractivity contribution is 7.78. The summed E-state index contributed by atoms with van der Waals surface area (Å²) in [6, 6.07) is 0. The third-order valence-electron chi connectivity index (χ3n) is 0.744. The van der Waals surface area contributed by atoms with Gasteiger partial charge in [-0.3, -0.25) is 0 Å². The van der Waals surface area contributed by atoms with E-state index in [2.05, 4.69) is 12.2 Å². The van der Waals surface area contributed by atoms with E-state index in [1.165, 1.54) is 0 Å². The number of isothiocyanates is 1. The van der Waals surface area contributed by atoms with Crippen molar-refractivity contribution in [3.05, 3.63) is 0 Å². The molecule has 1 fully saturated rings. The van der Waals surface area contributed by atoms with Crippen LogP contribution < -0.4 is 0 Å². The van der Waals surface area contributed by atoms with Crippen molar-refractivity contribution in [3.8, 4) is 0 Å². The molecule has 9 heavy (non-hydrogen) atoms. The molecular weight excluding hydrogens is 138 g/mol. The van der Waals surface area contributed by atoms with Gasteiger partial charge in [-0.2, -0.15) is 0 Å². The molecule has 0 aromatic carbocycles. The Labute approximate surface area is 59.5 Å². The third-order valence-corrected chi connectivity index (χ3v) is 0.744. The zero-order valence-electron chi connectivity index (χ0n) is 5.05. The molecule has 1 saturated heterocycles. The highest BCUT2D eigenvalue weighted by Crippen LogP contribution is 1.85. The van der Waals surface area contributed by atoms with E-state index >= 15 is 0 Å². The molecule has 0 radical (unpaired) electrons. The molecule has 1 aliphatic rings. The zero-order chi connectivity index (χ0) is 6.95. The summed E-state index contributed by atoms with van der Waals surface area (Å²) in [7, 11) is 0. The third kappa shape index (κ3) is 7.72. The first-order chi connectivity index (χ1) is 4.41. The normalized spacial score (nSPS) is 16.9. The van der Waals surface area contributed by atoms with Crippen LogP contribution in [0.25, 0.3) is 0 Å². The smallest absolute Gasteiger partial charge is 0.0701 e. The van der Waals surface area contributed by atoms with Gasteiger partial charge in [0, 0.05) is 0 Å². The average Bonchev–Trinajstić information content (AvgIpc) is 1.93. The van der Waals surface area contributed by atoms with Crippen molar-refractivity contribution in [3.63, 3.8) is 0 Å². The minimum absolute atomic E-state index is 0.778. The van der Waals surface area contributed by atoms with E-state index in [1.807, 2.05) is 0 Å². The Kier molecular flexibility index (Phi) is 7.48. The van der Waals surface area contributed by atoms with Crippen LogP contribution >= 0.6 is 12.2 Å². The number of hydrogen-bond acceptors (Lipinski definition) is 4. The van der Waals surface area contributed by atoms with Gasteiger partial charge < -0.3 is 9.47 Å². The van der Waals surface area contributed by atoms with Crippen molar-refractivity contribution in [2.75, 3.05) is 26.4 Å². The topological polar surface area (TPSA) is 42.3 Å². The lowest BCUT2D eigenvalue weighted by Crippen LogP contribution is -2.16. The van der Waals surface area contributed by atoms with Crippen molar-refractivity contribution >= 4 is 17.4 Å². The maximum Gasteiger partial charge on any atom is 0.0701 e. The first-order valence-corrected chi connectivity index (χ1v) is 3.02. The van der Waals surface area contributed by atoms with E-state index in [4.69, 9.17) is 14.9 Å². The molecule has 0 amide bonds. The van der Waals surface area contributed by atoms with Crippen molar-refractivity contribution in [2.24, 2.45) is 0 Å². The van der Waals surface area contributed by atoms with Crippen molar-refractivity contribution in [1.29, 1.82) is 5.41 Å². The molecule has 1 rings (SSSR count). The number of rotatable bonds is 0. The van der Waals surface area contributed by atoms with Crippen LogP contribution in [0, 0.1) is 5.41 Å². The van der Waals surface area contributed by atoms with E-state index in [0.29, 0.717) is 0 Å². The largest absolute Gasteiger partial charge is 0.377 e. The van der Waals surface area contributed by atoms with Gasteiger partial charge in [-0.05, 0) is 12.2 Å². The first-order valence-electron chi connectivity index (χ1n) is 2.61. The Morgan fingerprint density at radius 2 is 1.33 bits per heavy atom. The Morgan fingerprint density at radius 3 is 1.44 bits per heavy atom. The monoisotopic (exact) mass is 147 g/mol. The van der Waals surface area contributed by atoms with Gasteiger partial charge in [0.1, 0.15) is 0 Å². The minimum atomic E-state index is 0.778. The lowest BCUT2D eigenvalue weighted by atomic mass is 10.6. The number of thiocarbonyl (C=S) groups is 1. The van der Waals surface area contributed by atoms with E-state index in [0.717, 1.165) is 26.4 Å². The first kappa shape index (κ1) is 8.72. The zero-order valence-corrected chi connectivity index (χ0v) is 5.87. The maximum absolute atomic E-state index is 5.77. The van der Waals surface area contributed by atoms with Crippen LogP contribution in [0.2, 0.25) is 0 Å². The molecule has 52 valence electrons. The Bertz CT molecular complexity index is 75.4. The molecule has 1 heterocycles.